The Morgan fingerprint density at radius 2 is 1.88 bits per heavy atom. The zero-order chi connectivity index (χ0) is 17.2. The van der Waals surface area contributed by atoms with Crippen LogP contribution in [0.5, 0.6) is 0 Å². The fraction of sp³-hybridized carbons (Fsp3) is 0.118. The van der Waals surface area contributed by atoms with Gasteiger partial charge < -0.3 is 0 Å². The number of sulfonamides is 1. The molecule has 0 aliphatic heterocycles. The van der Waals surface area contributed by atoms with Crippen molar-refractivity contribution in [2.75, 3.05) is 0 Å². The summed E-state index contributed by atoms with van der Waals surface area (Å²) < 4.78 is 29.2. The zero-order valence-corrected chi connectivity index (χ0v) is 14.6. The van der Waals surface area contributed by atoms with Gasteiger partial charge in [-0.2, -0.15) is 5.10 Å². The third-order valence-electron chi connectivity index (χ3n) is 3.63. The second-order valence-electron chi connectivity index (χ2n) is 5.32. The van der Waals surface area contributed by atoms with Gasteiger partial charge in [0.15, 0.2) is 0 Å². The average Bonchev–Trinajstić information content (AvgIpc) is 3.05. The van der Waals surface area contributed by atoms with Gasteiger partial charge in [-0.25, -0.2) is 17.8 Å². The molecular weight excluding hydrogens is 346 g/mol. The van der Waals surface area contributed by atoms with Crippen molar-refractivity contribution in [3.8, 4) is 5.69 Å². The van der Waals surface area contributed by atoms with Crippen molar-refractivity contribution in [2.24, 2.45) is 0 Å². The fourth-order valence-corrected chi connectivity index (χ4v) is 3.82. The molecule has 1 N–H and O–H groups in total. The highest BCUT2D eigenvalue weighted by Crippen LogP contribution is 2.22. The maximum atomic E-state index is 12.5. The lowest BCUT2D eigenvalue weighted by atomic mass is 10.2. The van der Waals surface area contributed by atoms with E-state index in [4.69, 9.17) is 11.6 Å². The molecule has 0 bridgehead atoms. The standard InChI is InChI=1S/C17H16ClN3O2S/c1-13-16(18)8-5-9-17(13)24(22,23)20-11-14-10-19-21(12-14)15-6-3-2-4-7-15/h2-10,12,20H,11H2,1H3. The van der Waals surface area contributed by atoms with Crippen LogP contribution in [0.15, 0.2) is 65.8 Å². The molecule has 0 atom stereocenters. The van der Waals surface area contributed by atoms with Crippen LogP contribution in [0.1, 0.15) is 11.1 Å². The van der Waals surface area contributed by atoms with E-state index in [9.17, 15) is 8.42 Å². The van der Waals surface area contributed by atoms with Crippen LogP contribution in [0.2, 0.25) is 5.02 Å². The first-order chi connectivity index (χ1) is 11.5. The summed E-state index contributed by atoms with van der Waals surface area (Å²) in [6, 6.07) is 14.4. The molecule has 3 aromatic rings. The summed E-state index contributed by atoms with van der Waals surface area (Å²) in [5.41, 5.74) is 2.21. The number of para-hydroxylation sites is 1. The van der Waals surface area contributed by atoms with Crippen molar-refractivity contribution in [1.82, 2.24) is 14.5 Å². The number of hydrogen-bond acceptors (Lipinski definition) is 3. The van der Waals surface area contributed by atoms with E-state index in [1.165, 1.54) is 6.07 Å². The van der Waals surface area contributed by atoms with Crippen LogP contribution in [0.25, 0.3) is 5.69 Å². The predicted octanol–water partition coefficient (Wildman–Crippen LogP) is 3.31. The quantitative estimate of drug-likeness (QED) is 0.758. The molecule has 2 aromatic carbocycles. The first-order valence-corrected chi connectivity index (χ1v) is 9.17. The number of rotatable bonds is 5. The summed E-state index contributed by atoms with van der Waals surface area (Å²) in [5, 5.41) is 4.68. The highest BCUT2D eigenvalue weighted by molar-refractivity contribution is 7.89. The van der Waals surface area contributed by atoms with Crippen molar-refractivity contribution < 1.29 is 8.42 Å². The third-order valence-corrected chi connectivity index (χ3v) is 5.59. The Morgan fingerprint density at radius 3 is 2.62 bits per heavy atom. The Morgan fingerprint density at radius 1 is 1.12 bits per heavy atom. The fourth-order valence-electron chi connectivity index (χ4n) is 2.31. The average molecular weight is 362 g/mol. The topological polar surface area (TPSA) is 64.0 Å². The summed E-state index contributed by atoms with van der Waals surface area (Å²) in [4.78, 5) is 0.186. The Bertz CT molecular complexity index is 953. The molecule has 7 heteroatoms. The van der Waals surface area contributed by atoms with Gasteiger partial charge in [0.05, 0.1) is 16.8 Å². The molecule has 124 valence electrons. The summed E-state index contributed by atoms with van der Waals surface area (Å²) in [5.74, 6) is 0. The highest BCUT2D eigenvalue weighted by Gasteiger charge is 2.18. The Kier molecular flexibility index (Phi) is 4.71. The van der Waals surface area contributed by atoms with E-state index in [0.717, 1.165) is 11.3 Å². The van der Waals surface area contributed by atoms with Gasteiger partial charge >= 0.3 is 0 Å². The minimum atomic E-state index is -3.64. The molecule has 0 saturated heterocycles. The monoisotopic (exact) mass is 361 g/mol. The van der Waals surface area contributed by atoms with Gasteiger partial charge in [0.25, 0.3) is 0 Å². The van der Waals surface area contributed by atoms with E-state index < -0.39 is 10.0 Å². The molecule has 0 unspecified atom stereocenters. The Labute approximate surface area is 145 Å². The summed E-state index contributed by atoms with van der Waals surface area (Å²) in [6.45, 7) is 1.84. The molecule has 0 spiro atoms. The van der Waals surface area contributed by atoms with E-state index in [2.05, 4.69) is 9.82 Å². The second kappa shape index (κ2) is 6.76. The lowest BCUT2D eigenvalue weighted by Crippen LogP contribution is -2.23. The van der Waals surface area contributed by atoms with Gasteiger partial charge in [-0.05, 0) is 36.8 Å². The minimum absolute atomic E-state index is 0.154. The van der Waals surface area contributed by atoms with Crippen LogP contribution in [-0.2, 0) is 16.6 Å². The molecule has 0 radical (unpaired) electrons. The first-order valence-electron chi connectivity index (χ1n) is 7.31. The van der Waals surface area contributed by atoms with Gasteiger partial charge in [-0.1, -0.05) is 35.9 Å². The van der Waals surface area contributed by atoms with Gasteiger partial charge in [0.2, 0.25) is 10.0 Å². The van der Waals surface area contributed by atoms with E-state index >= 15 is 0 Å². The smallest absolute Gasteiger partial charge is 0.241 e. The SMILES string of the molecule is Cc1c(Cl)cccc1S(=O)(=O)NCc1cnn(-c2ccccc2)c1. The number of benzene rings is 2. The van der Waals surface area contributed by atoms with Gasteiger partial charge in [-0.3, -0.25) is 0 Å². The van der Waals surface area contributed by atoms with Crippen molar-refractivity contribution in [1.29, 1.82) is 0 Å². The van der Waals surface area contributed by atoms with Gasteiger partial charge in [-0.15, -0.1) is 0 Å². The van der Waals surface area contributed by atoms with Crippen molar-refractivity contribution >= 4 is 21.6 Å². The highest BCUT2D eigenvalue weighted by atomic mass is 35.5. The van der Waals surface area contributed by atoms with E-state index in [-0.39, 0.29) is 11.4 Å². The van der Waals surface area contributed by atoms with E-state index in [1.807, 2.05) is 30.3 Å². The summed E-state index contributed by atoms with van der Waals surface area (Å²) in [7, 11) is -3.64. The maximum absolute atomic E-state index is 12.5. The number of nitrogens with one attached hydrogen (secondary N) is 1. The molecule has 3 rings (SSSR count). The van der Waals surface area contributed by atoms with Crippen LogP contribution in [0.4, 0.5) is 0 Å². The summed E-state index contributed by atoms with van der Waals surface area (Å²) in [6.07, 6.45) is 3.43. The second-order valence-corrected chi connectivity index (χ2v) is 7.46. The van der Waals surface area contributed by atoms with Gasteiger partial charge in [0, 0.05) is 23.3 Å². The van der Waals surface area contributed by atoms with Crippen molar-refractivity contribution in [3.05, 3.63) is 77.1 Å². The molecule has 0 aliphatic rings. The lowest BCUT2D eigenvalue weighted by molar-refractivity contribution is 0.580. The molecule has 1 aromatic heterocycles. The molecule has 0 saturated carbocycles. The van der Waals surface area contributed by atoms with Crippen molar-refractivity contribution in [3.63, 3.8) is 0 Å². The van der Waals surface area contributed by atoms with E-state index in [0.29, 0.717) is 10.6 Å². The molecule has 0 aliphatic carbocycles. The first kappa shape index (κ1) is 16.7. The zero-order valence-electron chi connectivity index (χ0n) is 13.0. The largest absolute Gasteiger partial charge is 0.241 e. The predicted molar refractivity (Wildman–Crippen MR) is 93.8 cm³/mol. The number of nitrogens with zero attached hydrogens (tertiary/aromatic N) is 2. The van der Waals surface area contributed by atoms with Crippen LogP contribution in [-0.4, -0.2) is 18.2 Å². The normalized spacial score (nSPS) is 11.6. The van der Waals surface area contributed by atoms with E-state index in [1.54, 1.807) is 36.1 Å². The van der Waals surface area contributed by atoms with Gasteiger partial charge in [0.1, 0.15) is 0 Å². The Hall–Kier alpha value is -2.15. The minimum Gasteiger partial charge on any atom is -0.241 e. The number of halogens is 1. The van der Waals surface area contributed by atoms with Crippen LogP contribution in [0.3, 0.4) is 0 Å². The molecule has 24 heavy (non-hydrogen) atoms. The molecule has 0 amide bonds. The van der Waals surface area contributed by atoms with Crippen LogP contribution >= 0.6 is 11.6 Å². The van der Waals surface area contributed by atoms with Crippen molar-refractivity contribution in [2.45, 2.75) is 18.4 Å². The lowest BCUT2D eigenvalue weighted by Gasteiger charge is -2.09. The third kappa shape index (κ3) is 3.51. The molecular formula is C17H16ClN3O2S. The molecule has 0 fully saturated rings. The van der Waals surface area contributed by atoms with Crippen LogP contribution in [0, 0.1) is 6.92 Å². The molecule has 5 nitrogen and oxygen atoms in total. The van der Waals surface area contributed by atoms with Crippen LogP contribution < -0.4 is 4.72 Å². The number of aromatic nitrogens is 2. The maximum Gasteiger partial charge on any atom is 0.241 e. The Balaban J connectivity index is 1.76. The number of hydrogen-bond donors (Lipinski definition) is 1. The molecule has 1 heterocycles. The summed E-state index contributed by atoms with van der Waals surface area (Å²) >= 11 is 6.00.